The summed E-state index contributed by atoms with van der Waals surface area (Å²) in [7, 11) is -3.40. The van der Waals surface area contributed by atoms with Gasteiger partial charge >= 0.3 is 0 Å². The van der Waals surface area contributed by atoms with E-state index in [1.54, 1.807) is 29.5 Å². The van der Waals surface area contributed by atoms with E-state index in [1.807, 2.05) is 22.9 Å². The molecular weight excluding hydrogens is 364 g/mol. The van der Waals surface area contributed by atoms with E-state index in [4.69, 9.17) is 0 Å². The van der Waals surface area contributed by atoms with Gasteiger partial charge in [0.25, 0.3) is 0 Å². The number of nitrogens with zero attached hydrogens (tertiary/aromatic N) is 1. The Morgan fingerprint density at radius 1 is 1.17 bits per heavy atom. The van der Waals surface area contributed by atoms with Crippen molar-refractivity contribution >= 4 is 44.1 Å². The summed E-state index contributed by atoms with van der Waals surface area (Å²) in [6.07, 6.45) is 1.21. The molecular formula is C16H14N2O3S3. The van der Waals surface area contributed by atoms with Crippen molar-refractivity contribution in [3.63, 3.8) is 0 Å². The van der Waals surface area contributed by atoms with Crippen molar-refractivity contribution < 1.29 is 13.2 Å². The van der Waals surface area contributed by atoms with Crippen LogP contribution >= 0.6 is 22.7 Å². The van der Waals surface area contributed by atoms with Crippen molar-refractivity contribution in [3.05, 3.63) is 52.9 Å². The molecule has 0 unspecified atom stereocenters. The second-order valence-electron chi connectivity index (χ2n) is 5.11. The Kier molecular flexibility index (Phi) is 4.79. The predicted molar refractivity (Wildman–Crippen MR) is 97.3 cm³/mol. The van der Waals surface area contributed by atoms with Crippen LogP contribution in [0.4, 0.5) is 5.69 Å². The highest BCUT2D eigenvalue weighted by Crippen LogP contribution is 2.28. The van der Waals surface area contributed by atoms with Crippen molar-refractivity contribution in [2.24, 2.45) is 0 Å². The summed E-state index contributed by atoms with van der Waals surface area (Å²) in [5, 5.41) is 7.36. The largest absolute Gasteiger partial charge is 0.325 e. The van der Waals surface area contributed by atoms with E-state index in [0.717, 1.165) is 16.1 Å². The molecule has 1 N–H and O–H groups in total. The molecule has 0 radical (unpaired) electrons. The number of hydrogen-bond acceptors (Lipinski definition) is 6. The normalized spacial score (nSPS) is 11.4. The number of amides is 1. The Balaban J connectivity index is 1.73. The Labute approximate surface area is 147 Å². The third kappa shape index (κ3) is 3.89. The topological polar surface area (TPSA) is 76.1 Å². The molecule has 0 atom stereocenters. The molecule has 1 amide bonds. The number of thiophene rings is 1. The van der Waals surface area contributed by atoms with Crippen LogP contribution in [0.1, 0.15) is 5.69 Å². The smallest absolute Gasteiger partial charge is 0.230 e. The lowest BCUT2D eigenvalue weighted by Gasteiger charge is -2.08. The maximum absolute atomic E-state index is 12.2. The molecule has 0 saturated heterocycles. The van der Waals surface area contributed by atoms with Gasteiger partial charge in [-0.25, -0.2) is 13.4 Å². The van der Waals surface area contributed by atoms with E-state index in [0.29, 0.717) is 11.4 Å². The second kappa shape index (κ2) is 6.84. The molecule has 3 rings (SSSR count). The minimum Gasteiger partial charge on any atom is -0.325 e. The van der Waals surface area contributed by atoms with Crippen molar-refractivity contribution in [1.29, 1.82) is 0 Å². The highest BCUT2D eigenvalue weighted by Gasteiger charge is 2.15. The van der Waals surface area contributed by atoms with Crippen LogP contribution in [0, 0.1) is 0 Å². The number of anilines is 1. The molecule has 3 aromatic rings. The molecule has 0 fully saturated rings. The van der Waals surface area contributed by atoms with Gasteiger partial charge in [-0.05, 0) is 23.6 Å². The number of rotatable bonds is 5. The molecule has 1 aromatic carbocycles. The molecule has 0 aliphatic rings. The predicted octanol–water partition coefficient (Wildman–Crippen LogP) is 3.46. The van der Waals surface area contributed by atoms with Crippen LogP contribution in [0.3, 0.4) is 0 Å². The number of sulfone groups is 1. The van der Waals surface area contributed by atoms with E-state index in [9.17, 15) is 13.2 Å². The number of carbonyl (C=O) groups is 1. The van der Waals surface area contributed by atoms with Crippen LogP contribution in [-0.2, 0) is 21.1 Å². The summed E-state index contributed by atoms with van der Waals surface area (Å²) >= 11 is 3.08. The number of benzene rings is 1. The first-order valence-electron chi connectivity index (χ1n) is 7.01. The average molecular weight is 379 g/mol. The maximum atomic E-state index is 12.2. The minimum atomic E-state index is -3.40. The first-order chi connectivity index (χ1) is 11.4. The van der Waals surface area contributed by atoms with Crippen molar-refractivity contribution in [1.82, 2.24) is 4.98 Å². The average Bonchev–Trinajstić information content (AvgIpc) is 3.17. The van der Waals surface area contributed by atoms with E-state index < -0.39 is 9.84 Å². The second-order valence-corrected chi connectivity index (χ2v) is 8.90. The SMILES string of the molecule is CS(=O)(=O)c1ccccc1NC(=O)Cc1csc(-c2cccs2)n1. The zero-order valence-corrected chi connectivity index (χ0v) is 15.2. The zero-order chi connectivity index (χ0) is 17.2. The summed E-state index contributed by atoms with van der Waals surface area (Å²) < 4.78 is 23.5. The first-order valence-corrected chi connectivity index (χ1v) is 10.7. The number of hydrogen-bond donors (Lipinski definition) is 1. The standard InChI is InChI=1S/C16H14N2O3S3/c1-24(20,21)14-7-3-2-5-12(14)18-15(19)9-11-10-23-16(17-11)13-6-4-8-22-13/h2-8,10H,9H2,1H3,(H,18,19). The summed E-state index contributed by atoms with van der Waals surface area (Å²) in [6, 6.07) is 10.3. The van der Waals surface area contributed by atoms with Crippen LogP contribution in [-0.4, -0.2) is 25.6 Å². The molecule has 124 valence electrons. The van der Waals surface area contributed by atoms with Gasteiger partial charge in [-0.1, -0.05) is 18.2 Å². The number of para-hydroxylation sites is 1. The van der Waals surface area contributed by atoms with Crippen LogP contribution in [0.5, 0.6) is 0 Å². The van der Waals surface area contributed by atoms with Gasteiger partial charge in [0.1, 0.15) is 5.01 Å². The van der Waals surface area contributed by atoms with Crippen LogP contribution < -0.4 is 5.32 Å². The lowest BCUT2D eigenvalue weighted by Crippen LogP contribution is -2.16. The summed E-state index contributed by atoms with van der Waals surface area (Å²) in [5.74, 6) is -0.297. The monoisotopic (exact) mass is 378 g/mol. The van der Waals surface area contributed by atoms with Crippen molar-refractivity contribution in [3.8, 4) is 9.88 Å². The molecule has 0 aliphatic carbocycles. The summed E-state index contributed by atoms with van der Waals surface area (Å²) in [6.45, 7) is 0. The van der Waals surface area contributed by atoms with Crippen LogP contribution in [0.15, 0.2) is 52.1 Å². The molecule has 24 heavy (non-hydrogen) atoms. The van der Waals surface area contributed by atoms with Gasteiger partial charge in [-0.2, -0.15) is 0 Å². The quantitative estimate of drug-likeness (QED) is 0.738. The maximum Gasteiger partial charge on any atom is 0.230 e. The lowest BCUT2D eigenvalue weighted by atomic mass is 10.3. The van der Waals surface area contributed by atoms with Gasteiger partial charge in [0.15, 0.2) is 9.84 Å². The third-order valence-electron chi connectivity index (χ3n) is 3.19. The van der Waals surface area contributed by atoms with E-state index >= 15 is 0 Å². The Bertz CT molecular complexity index is 960. The van der Waals surface area contributed by atoms with Gasteiger partial charge in [0, 0.05) is 11.6 Å². The summed E-state index contributed by atoms with van der Waals surface area (Å²) in [5.41, 5.74) is 0.955. The van der Waals surface area contributed by atoms with E-state index in [2.05, 4.69) is 10.3 Å². The fraction of sp³-hybridized carbons (Fsp3) is 0.125. The molecule has 0 bridgehead atoms. The molecule has 8 heteroatoms. The molecule has 0 spiro atoms. The lowest BCUT2D eigenvalue weighted by molar-refractivity contribution is -0.115. The highest BCUT2D eigenvalue weighted by atomic mass is 32.2. The number of carbonyl (C=O) groups excluding carboxylic acids is 1. The molecule has 5 nitrogen and oxygen atoms in total. The number of nitrogens with one attached hydrogen (secondary N) is 1. The minimum absolute atomic E-state index is 0.0972. The van der Waals surface area contributed by atoms with Crippen molar-refractivity contribution in [2.75, 3.05) is 11.6 Å². The van der Waals surface area contributed by atoms with E-state index in [1.165, 1.54) is 17.4 Å². The highest BCUT2D eigenvalue weighted by molar-refractivity contribution is 7.90. The van der Waals surface area contributed by atoms with Gasteiger partial charge in [0.2, 0.25) is 5.91 Å². The van der Waals surface area contributed by atoms with Crippen LogP contribution in [0.2, 0.25) is 0 Å². The molecule has 0 saturated carbocycles. The number of thiazole rings is 1. The number of aromatic nitrogens is 1. The summed E-state index contributed by atoms with van der Waals surface area (Å²) in [4.78, 5) is 17.8. The van der Waals surface area contributed by atoms with Gasteiger partial charge in [-0.3, -0.25) is 4.79 Å². The van der Waals surface area contributed by atoms with Crippen molar-refractivity contribution in [2.45, 2.75) is 11.3 Å². The Morgan fingerprint density at radius 2 is 1.96 bits per heavy atom. The fourth-order valence-corrected chi connectivity index (χ4v) is 4.63. The Hall–Kier alpha value is -2.03. The van der Waals surface area contributed by atoms with Crippen LogP contribution in [0.25, 0.3) is 9.88 Å². The molecule has 2 heterocycles. The van der Waals surface area contributed by atoms with Gasteiger partial charge in [0.05, 0.1) is 27.6 Å². The zero-order valence-electron chi connectivity index (χ0n) is 12.7. The van der Waals surface area contributed by atoms with E-state index in [-0.39, 0.29) is 17.2 Å². The third-order valence-corrected chi connectivity index (χ3v) is 6.27. The Morgan fingerprint density at radius 3 is 2.67 bits per heavy atom. The molecule has 0 aliphatic heterocycles. The first kappa shape index (κ1) is 16.8. The van der Waals surface area contributed by atoms with Gasteiger partial charge < -0.3 is 5.32 Å². The fourth-order valence-electron chi connectivity index (χ4n) is 2.15. The molecule has 2 aromatic heterocycles. The van der Waals surface area contributed by atoms with Gasteiger partial charge in [-0.15, -0.1) is 22.7 Å².